The van der Waals surface area contributed by atoms with Crippen molar-refractivity contribution in [3.8, 4) is 0 Å². The van der Waals surface area contributed by atoms with Crippen molar-refractivity contribution in [2.45, 2.75) is 11.4 Å². The SMILES string of the molecule is CN(CC(=O)NCCc1ccc(Cl)cc1)S(=O)(=O)c1cnc[nH]1. The van der Waals surface area contributed by atoms with E-state index in [0.717, 1.165) is 9.87 Å². The van der Waals surface area contributed by atoms with E-state index in [1.54, 1.807) is 12.1 Å². The summed E-state index contributed by atoms with van der Waals surface area (Å²) in [4.78, 5) is 18.0. The number of nitrogens with zero attached hydrogens (tertiary/aromatic N) is 2. The monoisotopic (exact) mass is 356 g/mol. The maximum Gasteiger partial charge on any atom is 0.260 e. The molecule has 0 spiro atoms. The first kappa shape index (κ1) is 17.5. The number of hydrogen-bond donors (Lipinski definition) is 2. The van der Waals surface area contributed by atoms with E-state index in [-0.39, 0.29) is 17.5 Å². The summed E-state index contributed by atoms with van der Waals surface area (Å²) >= 11 is 5.80. The Morgan fingerprint density at radius 1 is 1.35 bits per heavy atom. The zero-order valence-corrected chi connectivity index (χ0v) is 14.1. The van der Waals surface area contributed by atoms with Crippen LogP contribution in [0, 0.1) is 0 Å². The number of rotatable bonds is 7. The molecule has 0 radical (unpaired) electrons. The molecule has 2 rings (SSSR count). The standard InChI is InChI=1S/C14H17ClN4O3S/c1-19(23(21,22)14-8-16-10-18-14)9-13(20)17-7-6-11-2-4-12(15)5-3-11/h2-5,8,10H,6-7,9H2,1H3,(H,16,18)(H,17,20). The van der Waals surface area contributed by atoms with Crippen LogP contribution in [0.1, 0.15) is 5.56 Å². The van der Waals surface area contributed by atoms with Crippen molar-refractivity contribution in [3.05, 3.63) is 47.4 Å². The van der Waals surface area contributed by atoms with Gasteiger partial charge >= 0.3 is 0 Å². The molecule has 0 saturated carbocycles. The highest BCUT2D eigenvalue weighted by atomic mass is 35.5. The fraction of sp³-hybridized carbons (Fsp3) is 0.286. The molecule has 1 aromatic carbocycles. The number of nitrogens with one attached hydrogen (secondary N) is 2. The van der Waals surface area contributed by atoms with E-state index in [1.165, 1.54) is 19.6 Å². The summed E-state index contributed by atoms with van der Waals surface area (Å²) in [6.45, 7) is 0.153. The topological polar surface area (TPSA) is 95.2 Å². The van der Waals surface area contributed by atoms with Gasteiger partial charge in [0.25, 0.3) is 10.0 Å². The van der Waals surface area contributed by atoms with Gasteiger partial charge in [-0.3, -0.25) is 4.79 Å². The number of likely N-dealkylation sites (N-methyl/N-ethyl adjacent to an activating group) is 1. The minimum absolute atomic E-state index is 0.0473. The molecule has 2 aromatic rings. The van der Waals surface area contributed by atoms with Gasteiger partial charge in [0.05, 0.1) is 19.1 Å². The summed E-state index contributed by atoms with van der Waals surface area (Å²) < 4.78 is 25.2. The maximum absolute atomic E-state index is 12.1. The molecular formula is C14H17ClN4O3S. The first-order valence-corrected chi connectivity index (χ1v) is 8.67. The van der Waals surface area contributed by atoms with Gasteiger partial charge in [0.2, 0.25) is 5.91 Å². The van der Waals surface area contributed by atoms with E-state index in [9.17, 15) is 13.2 Å². The van der Waals surface area contributed by atoms with E-state index in [2.05, 4.69) is 15.3 Å². The quantitative estimate of drug-likeness (QED) is 0.775. The highest BCUT2D eigenvalue weighted by molar-refractivity contribution is 7.89. The predicted molar refractivity (Wildman–Crippen MR) is 86.6 cm³/mol. The smallest absolute Gasteiger partial charge is 0.260 e. The summed E-state index contributed by atoms with van der Waals surface area (Å²) in [5, 5.41) is 3.30. The van der Waals surface area contributed by atoms with Gasteiger partial charge in [-0.05, 0) is 24.1 Å². The van der Waals surface area contributed by atoms with Gasteiger partial charge in [-0.25, -0.2) is 13.4 Å². The molecule has 0 aliphatic heterocycles. The van der Waals surface area contributed by atoms with Crippen molar-refractivity contribution < 1.29 is 13.2 Å². The molecule has 23 heavy (non-hydrogen) atoms. The second-order valence-electron chi connectivity index (χ2n) is 4.90. The second kappa shape index (κ2) is 7.58. The largest absolute Gasteiger partial charge is 0.355 e. The molecule has 1 heterocycles. The Bertz CT molecular complexity index is 745. The highest BCUT2D eigenvalue weighted by Gasteiger charge is 2.23. The molecule has 7 nitrogen and oxygen atoms in total. The molecule has 0 unspecified atom stereocenters. The third kappa shape index (κ3) is 4.78. The average molecular weight is 357 g/mol. The van der Waals surface area contributed by atoms with Crippen LogP contribution in [0.25, 0.3) is 0 Å². The summed E-state index contributed by atoms with van der Waals surface area (Å²) in [6, 6.07) is 7.32. The van der Waals surface area contributed by atoms with Crippen LogP contribution >= 0.6 is 11.6 Å². The molecule has 0 bridgehead atoms. The fourth-order valence-electron chi connectivity index (χ4n) is 1.89. The van der Waals surface area contributed by atoms with E-state index in [4.69, 9.17) is 11.6 Å². The number of amides is 1. The predicted octanol–water partition coefficient (Wildman–Crippen LogP) is 1.04. The molecular weight excluding hydrogens is 340 g/mol. The minimum Gasteiger partial charge on any atom is -0.355 e. The van der Waals surface area contributed by atoms with Crippen LogP contribution in [0.5, 0.6) is 0 Å². The molecule has 9 heteroatoms. The minimum atomic E-state index is -3.73. The lowest BCUT2D eigenvalue weighted by Gasteiger charge is -2.15. The van der Waals surface area contributed by atoms with Crippen LogP contribution < -0.4 is 5.32 Å². The van der Waals surface area contributed by atoms with E-state index < -0.39 is 10.0 Å². The number of aromatic amines is 1. The second-order valence-corrected chi connectivity index (χ2v) is 7.35. The lowest BCUT2D eigenvalue weighted by molar-refractivity contribution is -0.121. The van der Waals surface area contributed by atoms with Crippen molar-refractivity contribution in [2.75, 3.05) is 20.1 Å². The van der Waals surface area contributed by atoms with Crippen molar-refractivity contribution in [3.63, 3.8) is 0 Å². The molecule has 1 aromatic heterocycles. The fourth-order valence-corrected chi connectivity index (χ4v) is 3.04. The Hall–Kier alpha value is -1.90. The van der Waals surface area contributed by atoms with Gasteiger partial charge in [-0.1, -0.05) is 23.7 Å². The lowest BCUT2D eigenvalue weighted by Crippen LogP contribution is -2.39. The highest BCUT2D eigenvalue weighted by Crippen LogP contribution is 2.10. The van der Waals surface area contributed by atoms with Crippen molar-refractivity contribution in [2.24, 2.45) is 0 Å². The van der Waals surface area contributed by atoms with Gasteiger partial charge in [-0.15, -0.1) is 0 Å². The average Bonchev–Trinajstić information content (AvgIpc) is 3.04. The number of benzene rings is 1. The van der Waals surface area contributed by atoms with Crippen molar-refractivity contribution in [1.29, 1.82) is 0 Å². The summed E-state index contributed by atoms with van der Waals surface area (Å²) in [7, 11) is -2.39. The normalized spacial score (nSPS) is 11.6. The summed E-state index contributed by atoms with van der Waals surface area (Å²) in [5.41, 5.74) is 1.04. The molecule has 0 saturated heterocycles. The molecule has 0 aliphatic carbocycles. The number of sulfonamides is 1. The molecule has 0 aliphatic rings. The Morgan fingerprint density at radius 2 is 2.04 bits per heavy atom. The van der Waals surface area contributed by atoms with Gasteiger partial charge < -0.3 is 10.3 Å². The molecule has 0 fully saturated rings. The third-order valence-electron chi connectivity index (χ3n) is 3.18. The molecule has 1 amide bonds. The van der Waals surface area contributed by atoms with Crippen LogP contribution in [0.2, 0.25) is 5.02 Å². The zero-order valence-electron chi connectivity index (χ0n) is 12.5. The molecule has 124 valence electrons. The summed E-state index contributed by atoms with van der Waals surface area (Å²) in [5.74, 6) is -0.371. The number of imidazole rings is 1. The van der Waals surface area contributed by atoms with Gasteiger partial charge in [0, 0.05) is 18.6 Å². The van der Waals surface area contributed by atoms with Gasteiger partial charge in [0.15, 0.2) is 5.03 Å². The number of carbonyl (C=O) groups excluding carboxylic acids is 1. The van der Waals surface area contributed by atoms with Gasteiger partial charge in [0.1, 0.15) is 0 Å². The van der Waals surface area contributed by atoms with Crippen molar-refractivity contribution >= 4 is 27.5 Å². The summed E-state index contributed by atoms with van der Waals surface area (Å²) in [6.07, 6.45) is 3.11. The molecule has 0 atom stereocenters. The number of aromatic nitrogens is 2. The van der Waals surface area contributed by atoms with Gasteiger partial charge in [-0.2, -0.15) is 4.31 Å². The Morgan fingerprint density at radius 3 is 2.65 bits per heavy atom. The number of hydrogen-bond acceptors (Lipinski definition) is 4. The van der Waals surface area contributed by atoms with E-state index in [1.807, 2.05) is 12.1 Å². The van der Waals surface area contributed by atoms with E-state index >= 15 is 0 Å². The Balaban J connectivity index is 1.81. The third-order valence-corrected chi connectivity index (χ3v) is 5.16. The first-order chi connectivity index (χ1) is 10.9. The van der Waals surface area contributed by atoms with Crippen LogP contribution in [-0.2, 0) is 21.2 Å². The Labute approximate surface area is 139 Å². The number of carbonyl (C=O) groups is 1. The van der Waals surface area contributed by atoms with Crippen LogP contribution in [-0.4, -0.2) is 48.7 Å². The van der Waals surface area contributed by atoms with Crippen LogP contribution in [0.15, 0.2) is 41.8 Å². The Kier molecular flexibility index (Phi) is 5.75. The van der Waals surface area contributed by atoms with Crippen LogP contribution in [0.3, 0.4) is 0 Å². The van der Waals surface area contributed by atoms with Crippen LogP contribution in [0.4, 0.5) is 0 Å². The van der Waals surface area contributed by atoms with Crippen molar-refractivity contribution in [1.82, 2.24) is 19.6 Å². The molecule has 2 N–H and O–H groups in total. The lowest BCUT2D eigenvalue weighted by atomic mass is 10.1. The maximum atomic E-state index is 12.1. The first-order valence-electron chi connectivity index (χ1n) is 6.85. The number of halogens is 1. The zero-order chi connectivity index (χ0) is 16.9. The number of H-pyrrole nitrogens is 1. The van der Waals surface area contributed by atoms with E-state index in [0.29, 0.717) is 18.0 Å².